The van der Waals surface area contributed by atoms with Gasteiger partial charge in [0.05, 0.1) is 23.4 Å². The Kier molecular flexibility index (Phi) is 4.38. The van der Waals surface area contributed by atoms with Crippen LogP contribution in [0.1, 0.15) is 13.8 Å². The summed E-state index contributed by atoms with van der Waals surface area (Å²) in [6.07, 6.45) is 0. The van der Waals surface area contributed by atoms with Gasteiger partial charge in [0.15, 0.2) is 5.13 Å². The van der Waals surface area contributed by atoms with E-state index in [0.717, 1.165) is 21.1 Å². The van der Waals surface area contributed by atoms with E-state index in [1.165, 1.54) is 0 Å². The number of methoxy groups -OCH3 is 1. The topological polar surface area (TPSA) is 43.4 Å². The average Bonchev–Trinajstić information content (AvgIpc) is 2.71. The third-order valence-electron chi connectivity index (χ3n) is 2.46. The first kappa shape index (κ1) is 13.1. The van der Waals surface area contributed by atoms with Crippen molar-refractivity contribution in [3.05, 3.63) is 18.2 Å². The lowest BCUT2D eigenvalue weighted by Crippen LogP contribution is -2.20. The van der Waals surface area contributed by atoms with Crippen LogP contribution in [-0.2, 0) is 4.74 Å². The van der Waals surface area contributed by atoms with Gasteiger partial charge in [0.2, 0.25) is 0 Å². The van der Waals surface area contributed by atoms with E-state index < -0.39 is 0 Å². The number of benzene rings is 1. The minimum atomic E-state index is 0.252. The molecule has 0 bridgehead atoms. The van der Waals surface area contributed by atoms with Crippen LogP contribution in [-0.4, -0.2) is 31.3 Å². The Labute approximate surface area is 111 Å². The van der Waals surface area contributed by atoms with Gasteiger partial charge in [0, 0.05) is 13.2 Å². The van der Waals surface area contributed by atoms with Crippen molar-refractivity contribution in [1.82, 2.24) is 4.98 Å². The minimum Gasteiger partial charge on any atom is -0.494 e. The van der Waals surface area contributed by atoms with Crippen LogP contribution >= 0.6 is 11.3 Å². The first-order valence-electron chi connectivity index (χ1n) is 6.01. The molecule has 0 unspecified atom stereocenters. The van der Waals surface area contributed by atoms with Crippen LogP contribution in [0.15, 0.2) is 18.2 Å². The monoisotopic (exact) mass is 266 g/mol. The summed E-state index contributed by atoms with van der Waals surface area (Å²) in [4.78, 5) is 4.53. The number of hydrogen-bond acceptors (Lipinski definition) is 5. The van der Waals surface area contributed by atoms with Crippen molar-refractivity contribution in [3.8, 4) is 5.75 Å². The highest BCUT2D eigenvalue weighted by atomic mass is 32.1. The smallest absolute Gasteiger partial charge is 0.184 e. The molecule has 0 radical (unpaired) electrons. The standard InChI is InChI=1S/C13H18N2O2S/c1-4-17-10-5-6-11-12(7-10)18-13(15-11)14-9(2)8-16-3/h5-7,9H,4,8H2,1-3H3,(H,14,15)/t9-/m0/s1. The maximum absolute atomic E-state index is 5.48. The Morgan fingerprint density at radius 2 is 2.28 bits per heavy atom. The Balaban J connectivity index is 2.16. The van der Waals surface area contributed by atoms with E-state index in [1.54, 1.807) is 18.4 Å². The number of hydrogen-bond donors (Lipinski definition) is 1. The van der Waals surface area contributed by atoms with Gasteiger partial charge in [-0.05, 0) is 32.0 Å². The number of ether oxygens (including phenoxy) is 2. The number of nitrogens with one attached hydrogen (secondary N) is 1. The Bertz CT molecular complexity index is 513. The fraction of sp³-hybridized carbons (Fsp3) is 0.462. The molecule has 0 saturated carbocycles. The summed E-state index contributed by atoms with van der Waals surface area (Å²) in [5.74, 6) is 0.894. The normalized spacial score (nSPS) is 12.6. The number of nitrogens with zero attached hydrogens (tertiary/aromatic N) is 1. The molecule has 0 spiro atoms. The molecule has 0 saturated heterocycles. The predicted molar refractivity (Wildman–Crippen MR) is 75.7 cm³/mol. The van der Waals surface area contributed by atoms with Gasteiger partial charge in [-0.1, -0.05) is 11.3 Å². The summed E-state index contributed by atoms with van der Waals surface area (Å²) in [7, 11) is 1.70. The second-order valence-electron chi connectivity index (χ2n) is 4.08. The molecule has 1 aromatic heterocycles. The molecule has 0 aliphatic rings. The zero-order valence-electron chi connectivity index (χ0n) is 10.9. The van der Waals surface area contributed by atoms with E-state index in [4.69, 9.17) is 9.47 Å². The molecule has 5 heteroatoms. The molecule has 1 heterocycles. The lowest BCUT2D eigenvalue weighted by Gasteiger charge is -2.10. The largest absolute Gasteiger partial charge is 0.494 e. The van der Waals surface area contributed by atoms with Crippen molar-refractivity contribution in [1.29, 1.82) is 0 Å². The van der Waals surface area contributed by atoms with Crippen molar-refractivity contribution in [2.24, 2.45) is 0 Å². The van der Waals surface area contributed by atoms with Crippen LogP contribution in [0.25, 0.3) is 10.2 Å². The van der Waals surface area contributed by atoms with Gasteiger partial charge in [0.25, 0.3) is 0 Å². The lowest BCUT2D eigenvalue weighted by molar-refractivity contribution is 0.190. The number of anilines is 1. The van der Waals surface area contributed by atoms with E-state index in [0.29, 0.717) is 13.2 Å². The van der Waals surface area contributed by atoms with Crippen LogP contribution in [0.3, 0.4) is 0 Å². The molecule has 0 aliphatic carbocycles. The summed E-state index contributed by atoms with van der Waals surface area (Å²) < 4.78 is 11.7. The highest BCUT2D eigenvalue weighted by Crippen LogP contribution is 2.29. The van der Waals surface area contributed by atoms with Crippen LogP contribution in [0, 0.1) is 0 Å². The second-order valence-corrected chi connectivity index (χ2v) is 5.11. The van der Waals surface area contributed by atoms with Gasteiger partial charge < -0.3 is 14.8 Å². The number of rotatable bonds is 6. The van der Waals surface area contributed by atoms with Crippen molar-refractivity contribution in [3.63, 3.8) is 0 Å². The third kappa shape index (κ3) is 3.11. The molecule has 98 valence electrons. The highest BCUT2D eigenvalue weighted by Gasteiger charge is 2.07. The van der Waals surface area contributed by atoms with Crippen molar-refractivity contribution >= 4 is 26.7 Å². The predicted octanol–water partition coefficient (Wildman–Crippen LogP) is 3.14. The number of thiazole rings is 1. The van der Waals surface area contributed by atoms with Gasteiger partial charge >= 0.3 is 0 Å². The maximum atomic E-state index is 5.48. The zero-order valence-corrected chi connectivity index (χ0v) is 11.7. The Morgan fingerprint density at radius 1 is 1.44 bits per heavy atom. The summed E-state index contributed by atoms with van der Waals surface area (Å²) in [5.41, 5.74) is 0.996. The first-order chi connectivity index (χ1) is 8.72. The van der Waals surface area contributed by atoms with Crippen molar-refractivity contribution in [2.75, 3.05) is 25.6 Å². The summed E-state index contributed by atoms with van der Waals surface area (Å²) in [6.45, 7) is 5.40. The van der Waals surface area contributed by atoms with Gasteiger partial charge in [-0.2, -0.15) is 0 Å². The van der Waals surface area contributed by atoms with Gasteiger partial charge in [-0.3, -0.25) is 0 Å². The molecule has 18 heavy (non-hydrogen) atoms. The number of fused-ring (bicyclic) bond motifs is 1. The highest BCUT2D eigenvalue weighted by molar-refractivity contribution is 7.22. The first-order valence-corrected chi connectivity index (χ1v) is 6.83. The second kappa shape index (κ2) is 6.02. The molecule has 0 aliphatic heterocycles. The summed E-state index contributed by atoms with van der Waals surface area (Å²) in [5, 5.41) is 4.24. The SMILES string of the molecule is CCOc1ccc2nc(N[C@@H](C)COC)sc2c1. The van der Waals surface area contributed by atoms with Gasteiger partial charge in [0.1, 0.15) is 5.75 Å². The van der Waals surface area contributed by atoms with Crippen LogP contribution in [0.4, 0.5) is 5.13 Å². The molecule has 2 aromatic rings. The van der Waals surface area contributed by atoms with Gasteiger partial charge in [-0.25, -0.2) is 4.98 Å². The molecule has 1 N–H and O–H groups in total. The quantitative estimate of drug-likeness (QED) is 0.872. The van der Waals surface area contributed by atoms with Crippen LogP contribution in [0.2, 0.25) is 0 Å². The molecule has 4 nitrogen and oxygen atoms in total. The molecular weight excluding hydrogens is 248 g/mol. The molecule has 1 aromatic carbocycles. The molecular formula is C13H18N2O2S. The van der Waals surface area contributed by atoms with E-state index in [1.807, 2.05) is 25.1 Å². The van der Waals surface area contributed by atoms with Crippen molar-refractivity contribution < 1.29 is 9.47 Å². The fourth-order valence-corrected chi connectivity index (χ4v) is 2.73. The molecule has 0 fully saturated rings. The lowest BCUT2D eigenvalue weighted by atomic mass is 10.3. The average molecular weight is 266 g/mol. The Hall–Kier alpha value is -1.33. The van der Waals surface area contributed by atoms with Crippen LogP contribution < -0.4 is 10.1 Å². The Morgan fingerprint density at radius 3 is 3.00 bits per heavy atom. The van der Waals surface area contributed by atoms with E-state index in [2.05, 4.69) is 17.2 Å². The van der Waals surface area contributed by atoms with E-state index in [9.17, 15) is 0 Å². The number of aromatic nitrogens is 1. The summed E-state index contributed by atoms with van der Waals surface area (Å²) >= 11 is 1.63. The van der Waals surface area contributed by atoms with Gasteiger partial charge in [-0.15, -0.1) is 0 Å². The minimum absolute atomic E-state index is 0.252. The van der Waals surface area contributed by atoms with Crippen molar-refractivity contribution in [2.45, 2.75) is 19.9 Å². The van der Waals surface area contributed by atoms with E-state index in [-0.39, 0.29) is 6.04 Å². The molecule has 2 rings (SSSR count). The summed E-state index contributed by atoms with van der Waals surface area (Å²) in [6, 6.07) is 6.22. The maximum Gasteiger partial charge on any atom is 0.184 e. The zero-order chi connectivity index (χ0) is 13.0. The molecule has 1 atom stereocenters. The fourth-order valence-electron chi connectivity index (χ4n) is 1.73. The van der Waals surface area contributed by atoms with Crippen LogP contribution in [0.5, 0.6) is 5.75 Å². The third-order valence-corrected chi connectivity index (χ3v) is 3.41. The van der Waals surface area contributed by atoms with E-state index >= 15 is 0 Å². The molecule has 0 amide bonds.